The van der Waals surface area contributed by atoms with E-state index in [-0.39, 0.29) is 29.1 Å². The molecule has 138 valence electrons. The largest absolute Gasteiger partial charge is 0.453 e. The molecule has 11 nitrogen and oxygen atoms in total. The summed E-state index contributed by atoms with van der Waals surface area (Å²) in [5, 5.41) is -0.188. The average molecular weight is 400 g/mol. The molecule has 0 bridgehead atoms. The standard InChI is InChI=1S/C13H15ClN7O4P/c14-10-12(16)20-11(15)9(19-10)13(22)21-17-7-18-26(23,24)25-6-8-4-2-1-3-5-8/h1-5,7H,6H2,(H,21,22)(H4,15,16,20)(H2,17,18,23,24). The second-order valence-electron chi connectivity index (χ2n) is 4.73. The predicted octanol–water partition coefficient (Wildman–Crippen LogP) is 0.874. The van der Waals surface area contributed by atoms with E-state index in [0.29, 0.717) is 5.56 Å². The van der Waals surface area contributed by atoms with Gasteiger partial charge in [-0.2, -0.15) is 4.76 Å². The molecule has 1 aromatic heterocycles. The maximum absolute atomic E-state index is 11.9. The van der Waals surface area contributed by atoms with Gasteiger partial charge in [-0.05, 0) is 5.56 Å². The summed E-state index contributed by atoms with van der Waals surface area (Å²) in [7, 11) is -4.25. The molecular formula is C13H15ClN7O4P. The van der Waals surface area contributed by atoms with Crippen LogP contribution in [0.15, 0.2) is 35.1 Å². The first-order chi connectivity index (χ1) is 12.3. The first-order valence-electron chi connectivity index (χ1n) is 6.98. The summed E-state index contributed by atoms with van der Waals surface area (Å²) in [6.45, 7) is -0.103. The van der Waals surface area contributed by atoms with Crippen molar-refractivity contribution in [1.29, 1.82) is 0 Å². The highest BCUT2D eigenvalue weighted by molar-refractivity contribution is 7.51. The summed E-state index contributed by atoms with van der Waals surface area (Å²) < 4.78 is 19.9. The highest BCUT2D eigenvalue weighted by atomic mass is 35.5. The summed E-state index contributed by atoms with van der Waals surface area (Å²) in [5.41, 5.74) is 15.7. The number of carbonyl (C=O) groups excluding carboxylic acids is 1. The number of benzene rings is 1. The SMILES string of the molecule is Nc1nc(N)c(C(=O)NNC=NP(=O)(O)OCc2ccccc2)nc1Cl. The van der Waals surface area contributed by atoms with E-state index in [1.807, 2.05) is 0 Å². The third kappa shape index (κ3) is 5.67. The lowest BCUT2D eigenvalue weighted by molar-refractivity contribution is 0.0940. The van der Waals surface area contributed by atoms with Gasteiger partial charge in [0, 0.05) is 0 Å². The summed E-state index contributed by atoms with van der Waals surface area (Å²) in [6.07, 6.45) is 0.784. The third-order valence-corrected chi connectivity index (χ3v) is 3.97. The van der Waals surface area contributed by atoms with Crippen LogP contribution in [0.3, 0.4) is 0 Å². The molecule has 1 unspecified atom stereocenters. The Hall–Kier alpha value is -2.72. The highest BCUT2D eigenvalue weighted by Gasteiger charge is 2.18. The van der Waals surface area contributed by atoms with E-state index in [1.54, 1.807) is 30.3 Å². The lowest BCUT2D eigenvalue weighted by Crippen LogP contribution is -2.37. The van der Waals surface area contributed by atoms with E-state index in [2.05, 4.69) is 25.6 Å². The van der Waals surface area contributed by atoms with Gasteiger partial charge in [0.25, 0.3) is 5.91 Å². The number of aromatic nitrogens is 2. The predicted molar refractivity (Wildman–Crippen MR) is 96.0 cm³/mol. The molecule has 1 heterocycles. The number of halogens is 1. The molecule has 0 fully saturated rings. The molecule has 1 atom stereocenters. The number of anilines is 2. The Labute approximate surface area is 153 Å². The van der Waals surface area contributed by atoms with Crippen LogP contribution >= 0.6 is 19.3 Å². The fourth-order valence-electron chi connectivity index (χ4n) is 1.63. The average Bonchev–Trinajstić information content (AvgIpc) is 2.61. The molecule has 13 heteroatoms. The summed E-state index contributed by atoms with van der Waals surface area (Å²) >= 11 is 5.67. The number of nitrogen functional groups attached to an aromatic ring is 2. The lowest BCUT2D eigenvalue weighted by atomic mass is 10.2. The van der Waals surface area contributed by atoms with Gasteiger partial charge < -0.3 is 16.4 Å². The van der Waals surface area contributed by atoms with E-state index in [4.69, 9.17) is 27.6 Å². The molecule has 0 aliphatic carbocycles. The van der Waals surface area contributed by atoms with E-state index in [9.17, 15) is 14.3 Å². The third-order valence-electron chi connectivity index (χ3n) is 2.82. The first kappa shape index (κ1) is 19.6. The van der Waals surface area contributed by atoms with Gasteiger partial charge in [0.15, 0.2) is 22.5 Å². The van der Waals surface area contributed by atoms with Crippen molar-refractivity contribution in [3.05, 3.63) is 46.7 Å². The van der Waals surface area contributed by atoms with Crippen molar-refractivity contribution in [2.45, 2.75) is 6.61 Å². The van der Waals surface area contributed by atoms with Crippen molar-refractivity contribution in [1.82, 2.24) is 20.8 Å². The number of carbonyl (C=O) groups is 1. The molecule has 0 saturated carbocycles. The minimum Gasteiger partial charge on any atom is -0.382 e. The monoisotopic (exact) mass is 399 g/mol. The fraction of sp³-hybridized carbons (Fsp3) is 0.0769. The van der Waals surface area contributed by atoms with Gasteiger partial charge in [0.05, 0.1) is 6.61 Å². The molecule has 0 aliphatic rings. The lowest BCUT2D eigenvalue weighted by Gasteiger charge is -2.08. The van der Waals surface area contributed by atoms with Gasteiger partial charge in [-0.1, -0.05) is 41.9 Å². The second-order valence-corrected chi connectivity index (χ2v) is 6.55. The smallest absolute Gasteiger partial charge is 0.382 e. The number of hydrogen-bond donors (Lipinski definition) is 5. The summed E-state index contributed by atoms with van der Waals surface area (Å²) in [6, 6.07) is 8.79. The molecule has 0 radical (unpaired) electrons. The van der Waals surface area contributed by atoms with E-state index in [0.717, 1.165) is 6.34 Å². The topological polar surface area (TPSA) is 178 Å². The van der Waals surface area contributed by atoms with Crippen molar-refractivity contribution in [2.24, 2.45) is 4.76 Å². The number of hydrazine groups is 1. The van der Waals surface area contributed by atoms with E-state index >= 15 is 0 Å². The zero-order valence-electron chi connectivity index (χ0n) is 13.2. The minimum absolute atomic E-state index is 0.103. The Morgan fingerprint density at radius 1 is 1.31 bits per heavy atom. The molecule has 1 aromatic carbocycles. The number of nitrogens with zero attached hydrogens (tertiary/aromatic N) is 3. The normalized spacial score (nSPS) is 13.3. The maximum atomic E-state index is 11.9. The highest BCUT2D eigenvalue weighted by Crippen LogP contribution is 2.43. The molecular weight excluding hydrogens is 385 g/mol. The Balaban J connectivity index is 1.87. The van der Waals surface area contributed by atoms with Crippen molar-refractivity contribution < 1.29 is 18.8 Å². The van der Waals surface area contributed by atoms with Gasteiger partial charge >= 0.3 is 7.75 Å². The molecule has 1 amide bonds. The molecule has 0 aliphatic heterocycles. The van der Waals surface area contributed by atoms with Crippen LogP contribution in [0.25, 0.3) is 0 Å². The van der Waals surface area contributed by atoms with Crippen LogP contribution in [0, 0.1) is 0 Å². The van der Waals surface area contributed by atoms with Crippen molar-refractivity contribution in [2.75, 3.05) is 11.5 Å². The van der Waals surface area contributed by atoms with Crippen LogP contribution in [0.5, 0.6) is 0 Å². The number of nitrogens with one attached hydrogen (secondary N) is 2. The summed E-state index contributed by atoms with van der Waals surface area (Å²) in [4.78, 5) is 28.8. The Bertz CT molecular complexity index is 865. The van der Waals surface area contributed by atoms with Crippen LogP contribution in [0.4, 0.5) is 11.6 Å². The van der Waals surface area contributed by atoms with E-state index < -0.39 is 13.7 Å². The number of nitrogens with two attached hydrogens (primary N) is 2. The molecule has 2 aromatic rings. The van der Waals surface area contributed by atoms with Crippen LogP contribution in [-0.4, -0.2) is 27.1 Å². The van der Waals surface area contributed by atoms with Gasteiger partial charge in [-0.3, -0.25) is 20.2 Å². The van der Waals surface area contributed by atoms with Crippen LogP contribution in [0.2, 0.25) is 5.15 Å². The van der Waals surface area contributed by atoms with Gasteiger partial charge in [0.2, 0.25) is 0 Å². The molecule has 2 rings (SSSR count). The zero-order chi connectivity index (χ0) is 19.2. The van der Waals surface area contributed by atoms with Crippen molar-refractivity contribution in [3.8, 4) is 0 Å². The van der Waals surface area contributed by atoms with Gasteiger partial charge in [-0.25, -0.2) is 14.5 Å². The zero-order valence-corrected chi connectivity index (χ0v) is 14.8. The Morgan fingerprint density at radius 3 is 2.69 bits per heavy atom. The Kier molecular flexibility index (Phi) is 6.47. The van der Waals surface area contributed by atoms with Crippen LogP contribution in [0.1, 0.15) is 16.1 Å². The van der Waals surface area contributed by atoms with E-state index in [1.165, 1.54) is 0 Å². The van der Waals surface area contributed by atoms with Crippen molar-refractivity contribution >= 4 is 43.2 Å². The summed E-state index contributed by atoms with van der Waals surface area (Å²) in [5.74, 6) is -1.16. The molecule has 26 heavy (non-hydrogen) atoms. The number of hydrogen-bond acceptors (Lipinski definition) is 7. The molecule has 0 spiro atoms. The van der Waals surface area contributed by atoms with Crippen LogP contribution < -0.4 is 22.3 Å². The molecule has 0 saturated heterocycles. The maximum Gasteiger partial charge on any atom is 0.453 e. The van der Waals surface area contributed by atoms with Crippen LogP contribution in [-0.2, 0) is 15.7 Å². The quantitative estimate of drug-likeness (QED) is 0.195. The Morgan fingerprint density at radius 2 is 2.00 bits per heavy atom. The number of amides is 1. The fourth-order valence-corrected chi connectivity index (χ4v) is 2.35. The van der Waals surface area contributed by atoms with Crippen molar-refractivity contribution in [3.63, 3.8) is 0 Å². The van der Waals surface area contributed by atoms with Gasteiger partial charge in [0.1, 0.15) is 6.34 Å². The second kappa shape index (κ2) is 8.59. The van der Waals surface area contributed by atoms with Gasteiger partial charge in [-0.15, -0.1) is 0 Å². The first-order valence-corrected chi connectivity index (χ1v) is 8.89. The minimum atomic E-state index is -4.25. The molecule has 7 N–H and O–H groups in total. The number of rotatable bonds is 7.